The van der Waals surface area contributed by atoms with E-state index in [1.54, 1.807) is 7.05 Å². The molecule has 2 aromatic heterocycles. The lowest BCUT2D eigenvalue weighted by atomic mass is 10.1. The summed E-state index contributed by atoms with van der Waals surface area (Å²) >= 11 is 1.50. The van der Waals surface area contributed by atoms with Crippen LogP contribution in [0.3, 0.4) is 0 Å². The zero-order chi connectivity index (χ0) is 17.3. The van der Waals surface area contributed by atoms with E-state index in [9.17, 15) is 14.4 Å². The van der Waals surface area contributed by atoms with E-state index in [-0.39, 0.29) is 6.61 Å². The van der Waals surface area contributed by atoms with E-state index in [4.69, 9.17) is 4.74 Å². The van der Waals surface area contributed by atoms with Gasteiger partial charge < -0.3 is 4.74 Å². The number of hydrogen-bond donors (Lipinski definition) is 0. The molecule has 1 aliphatic rings. The summed E-state index contributed by atoms with van der Waals surface area (Å²) in [6.45, 7) is -0.0940. The highest BCUT2D eigenvalue weighted by Gasteiger charge is 2.18. The van der Waals surface area contributed by atoms with Crippen LogP contribution in [0.15, 0.2) is 21.7 Å². The molecular weight excluding hydrogens is 328 g/mol. The van der Waals surface area contributed by atoms with Crippen LogP contribution in [0.1, 0.15) is 45.1 Å². The molecule has 0 bridgehead atoms. The molecular formula is C17H20N2O4S. The van der Waals surface area contributed by atoms with E-state index in [0.29, 0.717) is 10.6 Å². The normalized spacial score (nSPS) is 14.1. The molecule has 2 heterocycles. The van der Waals surface area contributed by atoms with Crippen molar-refractivity contribution in [3.8, 4) is 0 Å². The summed E-state index contributed by atoms with van der Waals surface area (Å²) in [6.07, 6.45) is 5.60. The lowest BCUT2D eigenvalue weighted by Gasteiger charge is -2.09. The molecule has 24 heavy (non-hydrogen) atoms. The van der Waals surface area contributed by atoms with Crippen LogP contribution in [0.5, 0.6) is 0 Å². The van der Waals surface area contributed by atoms with Gasteiger partial charge in [-0.15, -0.1) is 11.3 Å². The Labute approximate surface area is 143 Å². The van der Waals surface area contributed by atoms with Gasteiger partial charge in [0.15, 0.2) is 0 Å². The molecule has 0 radical (unpaired) electrons. The summed E-state index contributed by atoms with van der Waals surface area (Å²) < 4.78 is 7.65. The first-order valence-corrected chi connectivity index (χ1v) is 8.83. The Kier molecular flexibility index (Phi) is 4.71. The number of ether oxygens (including phenoxy) is 1. The van der Waals surface area contributed by atoms with E-state index in [1.807, 2.05) is 6.07 Å². The van der Waals surface area contributed by atoms with Gasteiger partial charge >= 0.3 is 11.7 Å². The zero-order valence-electron chi connectivity index (χ0n) is 13.8. The van der Waals surface area contributed by atoms with Crippen molar-refractivity contribution in [2.24, 2.45) is 14.1 Å². The Bertz CT molecular complexity index is 867. The van der Waals surface area contributed by atoms with Crippen LogP contribution in [0.25, 0.3) is 0 Å². The second-order valence-electron chi connectivity index (χ2n) is 6.07. The number of aromatic nitrogens is 2. The standard InChI is InChI=1S/C17H20N2O4S/c1-18-12(9-15(20)19(2)17(18)22)10-23-16(21)14-8-11-6-4-3-5-7-13(11)24-14/h8-9H,3-7,10H2,1-2H3. The monoisotopic (exact) mass is 348 g/mol. The van der Waals surface area contributed by atoms with Gasteiger partial charge in [0.05, 0.1) is 5.69 Å². The summed E-state index contributed by atoms with van der Waals surface area (Å²) in [4.78, 5) is 37.7. The second-order valence-corrected chi connectivity index (χ2v) is 7.21. The van der Waals surface area contributed by atoms with Crippen molar-refractivity contribution in [2.75, 3.05) is 0 Å². The number of fused-ring (bicyclic) bond motifs is 1. The van der Waals surface area contributed by atoms with Gasteiger partial charge in [0.25, 0.3) is 5.56 Å². The molecule has 0 aliphatic heterocycles. The van der Waals surface area contributed by atoms with E-state index >= 15 is 0 Å². The van der Waals surface area contributed by atoms with E-state index in [0.717, 1.165) is 30.3 Å². The Hall–Kier alpha value is -2.15. The van der Waals surface area contributed by atoms with Crippen LogP contribution in [0.2, 0.25) is 0 Å². The van der Waals surface area contributed by atoms with Crippen molar-refractivity contribution < 1.29 is 9.53 Å². The number of carbonyl (C=O) groups is 1. The number of thiophene rings is 1. The molecule has 0 spiro atoms. The van der Waals surface area contributed by atoms with Gasteiger partial charge in [0, 0.05) is 25.0 Å². The molecule has 3 rings (SSSR count). The van der Waals surface area contributed by atoms with Crippen LogP contribution < -0.4 is 11.2 Å². The highest BCUT2D eigenvalue weighted by molar-refractivity contribution is 7.14. The maximum Gasteiger partial charge on any atom is 0.348 e. The molecule has 0 fully saturated rings. The first-order chi connectivity index (χ1) is 11.5. The van der Waals surface area contributed by atoms with E-state index in [1.165, 1.54) is 45.9 Å². The van der Waals surface area contributed by atoms with Gasteiger partial charge in [0.2, 0.25) is 0 Å². The number of aryl methyl sites for hydroxylation is 2. The van der Waals surface area contributed by atoms with Crippen molar-refractivity contribution in [1.82, 2.24) is 9.13 Å². The van der Waals surface area contributed by atoms with E-state index in [2.05, 4.69) is 0 Å². The van der Waals surface area contributed by atoms with Gasteiger partial charge in [-0.3, -0.25) is 13.9 Å². The van der Waals surface area contributed by atoms with Crippen LogP contribution >= 0.6 is 11.3 Å². The Balaban J connectivity index is 1.75. The van der Waals surface area contributed by atoms with Crippen LogP contribution in [-0.2, 0) is 38.3 Å². The van der Waals surface area contributed by atoms with Crippen molar-refractivity contribution >= 4 is 17.3 Å². The molecule has 0 amide bonds. The minimum atomic E-state index is -0.434. The summed E-state index contributed by atoms with van der Waals surface area (Å²) in [5, 5.41) is 0. The fraction of sp³-hybridized carbons (Fsp3) is 0.471. The Morgan fingerprint density at radius 2 is 1.88 bits per heavy atom. The van der Waals surface area contributed by atoms with Crippen molar-refractivity contribution in [1.29, 1.82) is 0 Å². The quantitative estimate of drug-likeness (QED) is 0.626. The highest BCUT2D eigenvalue weighted by Crippen LogP contribution is 2.29. The third-order valence-electron chi connectivity index (χ3n) is 4.42. The molecule has 128 valence electrons. The fourth-order valence-corrected chi connectivity index (χ4v) is 4.04. The maximum atomic E-state index is 12.3. The number of nitrogens with zero attached hydrogens (tertiary/aromatic N) is 2. The average Bonchev–Trinajstić information content (AvgIpc) is 2.85. The first kappa shape index (κ1) is 16.7. The lowest BCUT2D eigenvalue weighted by Crippen LogP contribution is -2.38. The molecule has 7 heteroatoms. The number of carbonyl (C=O) groups excluding carboxylic acids is 1. The number of esters is 1. The SMILES string of the molecule is Cn1c(COC(=O)c2cc3c(s2)CCCCC3)cc(=O)n(C)c1=O. The molecule has 0 saturated carbocycles. The smallest absolute Gasteiger partial charge is 0.348 e. The van der Waals surface area contributed by atoms with Gasteiger partial charge in [-0.05, 0) is 37.3 Å². The van der Waals surface area contributed by atoms with Crippen molar-refractivity contribution in [3.63, 3.8) is 0 Å². The van der Waals surface area contributed by atoms with Crippen molar-refractivity contribution in [2.45, 2.75) is 38.7 Å². The molecule has 0 saturated heterocycles. The Morgan fingerprint density at radius 3 is 2.67 bits per heavy atom. The Morgan fingerprint density at radius 1 is 1.12 bits per heavy atom. The van der Waals surface area contributed by atoms with Crippen molar-refractivity contribution in [3.05, 3.63) is 54.0 Å². The average molecular weight is 348 g/mol. The maximum absolute atomic E-state index is 12.3. The second kappa shape index (κ2) is 6.76. The minimum absolute atomic E-state index is 0.0940. The predicted octanol–water partition coefficient (Wildman–Crippen LogP) is 1.77. The first-order valence-electron chi connectivity index (χ1n) is 8.02. The van der Waals surface area contributed by atoms with Gasteiger partial charge in [0.1, 0.15) is 11.5 Å². The molecule has 6 nitrogen and oxygen atoms in total. The van der Waals surface area contributed by atoms with Gasteiger partial charge in [-0.25, -0.2) is 9.59 Å². The molecule has 0 aromatic carbocycles. The summed E-state index contributed by atoms with van der Waals surface area (Å²) in [6, 6.07) is 3.25. The molecule has 2 aromatic rings. The number of rotatable bonds is 3. The van der Waals surface area contributed by atoms with Gasteiger partial charge in [-0.2, -0.15) is 0 Å². The van der Waals surface area contributed by atoms with Crippen LogP contribution in [-0.4, -0.2) is 15.1 Å². The largest absolute Gasteiger partial charge is 0.455 e. The third kappa shape index (κ3) is 3.21. The third-order valence-corrected chi connectivity index (χ3v) is 5.64. The highest BCUT2D eigenvalue weighted by atomic mass is 32.1. The topological polar surface area (TPSA) is 70.3 Å². The fourth-order valence-electron chi connectivity index (χ4n) is 2.90. The molecule has 1 aliphatic carbocycles. The molecule has 0 N–H and O–H groups in total. The summed E-state index contributed by atoms with van der Waals surface area (Å²) in [7, 11) is 2.97. The molecule has 0 atom stereocenters. The lowest BCUT2D eigenvalue weighted by molar-refractivity contribution is 0.0468. The van der Waals surface area contributed by atoms with Gasteiger partial charge in [-0.1, -0.05) is 6.42 Å². The van der Waals surface area contributed by atoms with E-state index < -0.39 is 17.2 Å². The van der Waals surface area contributed by atoms with Crippen LogP contribution in [0, 0.1) is 0 Å². The predicted molar refractivity (Wildman–Crippen MR) is 91.6 cm³/mol. The minimum Gasteiger partial charge on any atom is -0.455 e. The summed E-state index contributed by atoms with van der Waals surface area (Å²) in [5.74, 6) is -0.402. The summed E-state index contributed by atoms with van der Waals surface area (Å²) in [5.41, 5.74) is 0.795. The molecule has 0 unspecified atom stereocenters. The zero-order valence-corrected chi connectivity index (χ0v) is 14.6. The van der Waals surface area contributed by atoms with Crippen LogP contribution in [0.4, 0.5) is 0 Å². The number of hydrogen-bond acceptors (Lipinski definition) is 5.